The third-order valence-corrected chi connectivity index (χ3v) is 4.53. The molecule has 1 N–H and O–H groups in total. The minimum absolute atomic E-state index is 0.177. The third-order valence-electron chi connectivity index (χ3n) is 4.53. The Kier molecular flexibility index (Phi) is 4.48. The molecule has 28 heavy (non-hydrogen) atoms. The molecular formula is C19H17N5O4. The predicted molar refractivity (Wildman–Crippen MR) is 102 cm³/mol. The summed E-state index contributed by atoms with van der Waals surface area (Å²) in [6.07, 6.45) is 3.12. The highest BCUT2D eigenvalue weighted by Gasteiger charge is 2.18. The number of carbonyl (C=O) groups excluding carboxylic acids is 1. The van der Waals surface area contributed by atoms with Crippen LogP contribution in [0.3, 0.4) is 0 Å². The van der Waals surface area contributed by atoms with Gasteiger partial charge in [0.15, 0.2) is 11.2 Å². The summed E-state index contributed by atoms with van der Waals surface area (Å²) >= 11 is 0. The number of pyridine rings is 1. The predicted octanol–water partition coefficient (Wildman–Crippen LogP) is 1.08. The van der Waals surface area contributed by atoms with E-state index in [0.717, 1.165) is 10.1 Å². The van der Waals surface area contributed by atoms with Crippen LogP contribution in [0.1, 0.15) is 13.0 Å². The lowest BCUT2D eigenvalue weighted by Crippen LogP contribution is -2.38. The van der Waals surface area contributed by atoms with E-state index in [1.165, 1.54) is 4.57 Å². The zero-order chi connectivity index (χ0) is 19.7. The van der Waals surface area contributed by atoms with E-state index in [1.54, 1.807) is 49.6 Å². The molecule has 1 aromatic carbocycles. The Morgan fingerprint density at radius 1 is 1.21 bits per heavy atom. The number of aromatic nitrogens is 4. The molecule has 0 saturated carbocycles. The molecule has 0 aliphatic carbocycles. The fourth-order valence-corrected chi connectivity index (χ4v) is 3.03. The normalized spacial score (nSPS) is 12.3. The van der Waals surface area contributed by atoms with E-state index in [2.05, 4.69) is 15.4 Å². The average Bonchev–Trinajstić information content (AvgIpc) is 3.03. The van der Waals surface area contributed by atoms with Gasteiger partial charge in [0.05, 0.1) is 11.6 Å². The molecule has 4 aromatic rings. The molecule has 3 aromatic heterocycles. The standard InChI is InChI=1S/C19H17N5O4/c1-12(24-18(26)14-6-3-2-5-13(14)11-22-24)17(25)21-9-10-23-16-15(28-19(23)27)7-4-8-20-16/h2-8,11-12H,9-10H2,1H3,(H,21,25)/t12-/m0/s1. The van der Waals surface area contributed by atoms with Crippen molar-refractivity contribution in [1.29, 1.82) is 0 Å². The Hall–Kier alpha value is -3.75. The van der Waals surface area contributed by atoms with Crippen LogP contribution in [-0.4, -0.2) is 31.8 Å². The quantitative estimate of drug-likeness (QED) is 0.555. The van der Waals surface area contributed by atoms with Crippen LogP contribution in [-0.2, 0) is 11.3 Å². The first kappa shape index (κ1) is 17.7. The van der Waals surface area contributed by atoms with Crippen molar-refractivity contribution in [1.82, 2.24) is 24.6 Å². The Labute approximate surface area is 158 Å². The van der Waals surface area contributed by atoms with Gasteiger partial charge in [0.1, 0.15) is 6.04 Å². The number of amides is 1. The number of oxazole rings is 1. The van der Waals surface area contributed by atoms with E-state index >= 15 is 0 Å². The molecule has 4 rings (SSSR count). The van der Waals surface area contributed by atoms with Crippen molar-refractivity contribution >= 4 is 27.9 Å². The second-order valence-electron chi connectivity index (χ2n) is 6.29. The van der Waals surface area contributed by atoms with Crippen molar-refractivity contribution in [3.63, 3.8) is 0 Å². The van der Waals surface area contributed by atoms with Gasteiger partial charge in [0.2, 0.25) is 5.91 Å². The van der Waals surface area contributed by atoms with Crippen molar-refractivity contribution in [3.8, 4) is 0 Å². The van der Waals surface area contributed by atoms with E-state index in [-0.39, 0.29) is 24.6 Å². The smallest absolute Gasteiger partial charge is 0.406 e. The molecule has 9 nitrogen and oxygen atoms in total. The lowest BCUT2D eigenvalue weighted by atomic mass is 10.2. The molecule has 0 aliphatic rings. The number of hydrogen-bond acceptors (Lipinski definition) is 6. The van der Waals surface area contributed by atoms with Crippen LogP contribution < -0.4 is 16.6 Å². The number of nitrogens with zero attached hydrogens (tertiary/aromatic N) is 4. The second kappa shape index (κ2) is 7.10. The summed E-state index contributed by atoms with van der Waals surface area (Å²) < 4.78 is 7.61. The lowest BCUT2D eigenvalue weighted by molar-refractivity contribution is -0.124. The first-order valence-electron chi connectivity index (χ1n) is 8.75. The van der Waals surface area contributed by atoms with Crippen LogP contribution in [0.5, 0.6) is 0 Å². The van der Waals surface area contributed by atoms with Gasteiger partial charge in [-0.25, -0.2) is 14.5 Å². The molecule has 1 atom stereocenters. The molecule has 0 fully saturated rings. The Bertz CT molecular complexity index is 1290. The lowest BCUT2D eigenvalue weighted by Gasteiger charge is -2.14. The number of rotatable bonds is 5. The summed E-state index contributed by atoms with van der Waals surface area (Å²) in [5.41, 5.74) is 0.475. The first-order valence-corrected chi connectivity index (χ1v) is 8.75. The third kappa shape index (κ3) is 3.07. The summed E-state index contributed by atoms with van der Waals surface area (Å²) in [5.74, 6) is -0.915. The van der Waals surface area contributed by atoms with Crippen LogP contribution in [0.4, 0.5) is 0 Å². The molecule has 142 valence electrons. The van der Waals surface area contributed by atoms with Gasteiger partial charge in [-0.2, -0.15) is 5.10 Å². The SMILES string of the molecule is C[C@@H](C(=O)NCCn1c(=O)oc2cccnc21)n1ncc2ccccc2c1=O. The molecule has 1 amide bonds. The van der Waals surface area contributed by atoms with Gasteiger partial charge in [-0.15, -0.1) is 0 Å². The molecule has 0 aliphatic heterocycles. The molecule has 0 unspecified atom stereocenters. The monoisotopic (exact) mass is 379 g/mol. The molecule has 0 saturated heterocycles. The maximum absolute atomic E-state index is 12.6. The van der Waals surface area contributed by atoms with E-state index in [9.17, 15) is 14.4 Å². The van der Waals surface area contributed by atoms with E-state index in [1.807, 2.05) is 6.07 Å². The van der Waals surface area contributed by atoms with Gasteiger partial charge >= 0.3 is 5.76 Å². The van der Waals surface area contributed by atoms with Gasteiger partial charge < -0.3 is 9.73 Å². The Balaban J connectivity index is 1.48. The van der Waals surface area contributed by atoms with Gasteiger partial charge in [0, 0.05) is 24.7 Å². The molecule has 9 heteroatoms. The molecular weight excluding hydrogens is 362 g/mol. The minimum Gasteiger partial charge on any atom is -0.406 e. The molecule has 3 heterocycles. The van der Waals surface area contributed by atoms with Crippen molar-refractivity contribution in [2.45, 2.75) is 19.5 Å². The minimum atomic E-state index is -0.798. The van der Waals surface area contributed by atoms with Gasteiger partial charge in [-0.05, 0) is 25.1 Å². The summed E-state index contributed by atoms with van der Waals surface area (Å²) in [4.78, 5) is 41.1. The number of fused-ring (bicyclic) bond motifs is 2. The van der Waals surface area contributed by atoms with Crippen LogP contribution in [0.2, 0.25) is 0 Å². The number of benzene rings is 1. The maximum Gasteiger partial charge on any atom is 0.421 e. The fourth-order valence-electron chi connectivity index (χ4n) is 3.03. The largest absolute Gasteiger partial charge is 0.421 e. The highest BCUT2D eigenvalue weighted by Crippen LogP contribution is 2.10. The van der Waals surface area contributed by atoms with Crippen LogP contribution >= 0.6 is 0 Å². The van der Waals surface area contributed by atoms with Crippen molar-refractivity contribution in [3.05, 3.63) is 69.7 Å². The van der Waals surface area contributed by atoms with Crippen LogP contribution in [0.25, 0.3) is 22.0 Å². The maximum atomic E-state index is 12.6. The highest BCUT2D eigenvalue weighted by molar-refractivity contribution is 5.82. The Morgan fingerprint density at radius 2 is 2.04 bits per heavy atom. The summed E-state index contributed by atoms with van der Waals surface area (Å²) in [7, 11) is 0. The Morgan fingerprint density at radius 3 is 2.89 bits per heavy atom. The summed E-state index contributed by atoms with van der Waals surface area (Å²) in [6, 6.07) is 9.60. The summed E-state index contributed by atoms with van der Waals surface area (Å²) in [5, 5.41) is 8.04. The topological polar surface area (TPSA) is 112 Å². The van der Waals surface area contributed by atoms with Gasteiger partial charge in [0.25, 0.3) is 5.56 Å². The number of hydrogen-bond donors (Lipinski definition) is 1. The molecule has 0 bridgehead atoms. The summed E-state index contributed by atoms with van der Waals surface area (Å²) in [6.45, 7) is 1.97. The molecule has 0 spiro atoms. The van der Waals surface area contributed by atoms with Crippen molar-refractivity contribution in [2.75, 3.05) is 6.54 Å². The number of carbonyl (C=O) groups is 1. The first-order chi connectivity index (χ1) is 13.6. The zero-order valence-corrected chi connectivity index (χ0v) is 15.0. The van der Waals surface area contributed by atoms with Crippen LogP contribution in [0, 0.1) is 0 Å². The van der Waals surface area contributed by atoms with E-state index in [4.69, 9.17) is 4.42 Å². The van der Waals surface area contributed by atoms with E-state index in [0.29, 0.717) is 16.6 Å². The number of nitrogens with one attached hydrogen (secondary N) is 1. The molecule has 0 radical (unpaired) electrons. The van der Waals surface area contributed by atoms with Gasteiger partial charge in [-0.1, -0.05) is 18.2 Å². The zero-order valence-electron chi connectivity index (χ0n) is 15.0. The second-order valence-corrected chi connectivity index (χ2v) is 6.29. The highest BCUT2D eigenvalue weighted by atomic mass is 16.4. The average molecular weight is 379 g/mol. The van der Waals surface area contributed by atoms with Crippen molar-refractivity contribution in [2.24, 2.45) is 0 Å². The van der Waals surface area contributed by atoms with Gasteiger partial charge in [-0.3, -0.25) is 14.2 Å². The van der Waals surface area contributed by atoms with E-state index < -0.39 is 11.8 Å². The fraction of sp³-hybridized carbons (Fsp3) is 0.211. The van der Waals surface area contributed by atoms with Crippen molar-refractivity contribution < 1.29 is 9.21 Å². The van der Waals surface area contributed by atoms with Crippen LogP contribution in [0.15, 0.2) is 62.8 Å².